The molecule has 2 rings (SSSR count). The number of rotatable bonds is 9. The van der Waals surface area contributed by atoms with Gasteiger partial charge in [-0.05, 0) is 49.8 Å². The summed E-state index contributed by atoms with van der Waals surface area (Å²) in [6, 6.07) is 3.92. The Labute approximate surface area is 200 Å². The van der Waals surface area contributed by atoms with Crippen LogP contribution >= 0.6 is 0 Å². The van der Waals surface area contributed by atoms with Gasteiger partial charge in [0, 0.05) is 38.7 Å². The fourth-order valence-corrected chi connectivity index (χ4v) is 3.68. The minimum absolute atomic E-state index is 0.000103. The Morgan fingerprint density at radius 2 is 2.06 bits per heavy atom. The highest BCUT2D eigenvalue weighted by atomic mass is 16.4. The molecule has 1 fully saturated rings. The molecule has 2 heterocycles. The summed E-state index contributed by atoms with van der Waals surface area (Å²) in [7, 11) is 0. The minimum Gasteiger partial charge on any atom is -0.480 e. The van der Waals surface area contributed by atoms with Crippen LogP contribution in [-0.4, -0.2) is 63.8 Å². The first kappa shape index (κ1) is 26.6. The number of carboxylic acids is 1. The molecule has 9 heteroatoms. The lowest BCUT2D eigenvalue weighted by atomic mass is 9.93. The van der Waals surface area contributed by atoms with E-state index in [4.69, 9.17) is 0 Å². The summed E-state index contributed by atoms with van der Waals surface area (Å²) in [4.78, 5) is 38.3. The molecule has 1 aliphatic heterocycles. The van der Waals surface area contributed by atoms with Gasteiger partial charge >= 0.3 is 12.0 Å². The molecule has 4 N–H and O–H groups in total. The van der Waals surface area contributed by atoms with E-state index in [1.807, 2.05) is 44.2 Å². The number of hydrogen-bond acceptors (Lipinski definition) is 4. The Morgan fingerprint density at radius 3 is 2.76 bits per heavy atom. The lowest BCUT2D eigenvalue weighted by Crippen LogP contribution is -2.51. The molecule has 1 saturated heterocycles. The topological polar surface area (TPSA) is 127 Å². The van der Waals surface area contributed by atoms with Gasteiger partial charge in [-0.25, -0.2) is 9.59 Å². The number of hydrogen-bond donors (Lipinski definition) is 4. The molecule has 1 aromatic heterocycles. The first-order valence-electron chi connectivity index (χ1n) is 11.5. The highest BCUT2D eigenvalue weighted by Gasteiger charge is 2.27. The van der Waals surface area contributed by atoms with Crippen molar-refractivity contribution in [3.63, 3.8) is 0 Å². The third kappa shape index (κ3) is 9.89. The maximum absolute atomic E-state index is 12.7. The summed E-state index contributed by atoms with van der Waals surface area (Å²) < 4.78 is 0. The fraction of sp³-hybridized carbons (Fsp3) is 0.440. The van der Waals surface area contributed by atoms with E-state index in [2.05, 4.69) is 20.8 Å². The van der Waals surface area contributed by atoms with Crippen molar-refractivity contribution in [3.8, 4) is 0 Å². The molecule has 3 amide bonds. The van der Waals surface area contributed by atoms with E-state index in [-0.39, 0.29) is 18.2 Å². The van der Waals surface area contributed by atoms with E-state index in [1.54, 1.807) is 29.4 Å². The van der Waals surface area contributed by atoms with Crippen LogP contribution in [0.3, 0.4) is 0 Å². The van der Waals surface area contributed by atoms with Crippen LogP contribution in [0.25, 0.3) is 0 Å². The van der Waals surface area contributed by atoms with Gasteiger partial charge in [0.2, 0.25) is 5.91 Å². The van der Waals surface area contributed by atoms with Crippen molar-refractivity contribution in [1.29, 1.82) is 0 Å². The van der Waals surface area contributed by atoms with Crippen LogP contribution in [-0.2, 0) is 16.0 Å². The molecule has 0 radical (unpaired) electrons. The molecule has 0 spiro atoms. The average molecular weight is 470 g/mol. The van der Waals surface area contributed by atoms with E-state index in [1.165, 1.54) is 0 Å². The average Bonchev–Trinajstić information content (AvgIpc) is 2.90. The number of amides is 3. The number of aliphatic carboxylic acids is 1. The Hall–Kier alpha value is -3.62. The number of aromatic amines is 1. The molecule has 0 aromatic carbocycles. The molecule has 184 valence electrons. The van der Waals surface area contributed by atoms with Crippen LogP contribution in [0.1, 0.15) is 37.3 Å². The SMILES string of the molecule is C/C=C\C=C/CNC(=O)CC1CCN(C(=O)NC(Cc2ccc[nH]ncc(C)c2)C(=O)O)CC1. The molecule has 0 saturated carbocycles. The molecule has 1 aromatic rings. The Bertz CT molecular complexity index is 931. The van der Waals surface area contributed by atoms with Crippen molar-refractivity contribution in [1.82, 2.24) is 25.7 Å². The zero-order chi connectivity index (χ0) is 24.8. The van der Waals surface area contributed by atoms with Crippen LogP contribution in [0.4, 0.5) is 4.79 Å². The van der Waals surface area contributed by atoms with Gasteiger partial charge in [-0.2, -0.15) is 5.10 Å². The number of likely N-dealkylation sites (tertiary alicyclic amines) is 1. The number of nitrogens with zero attached hydrogens (tertiary/aromatic N) is 2. The predicted octanol–water partition coefficient (Wildman–Crippen LogP) is 2.90. The number of nitrogens with one attached hydrogen (secondary N) is 3. The Morgan fingerprint density at radius 1 is 1.29 bits per heavy atom. The third-order valence-electron chi connectivity index (χ3n) is 5.51. The van der Waals surface area contributed by atoms with Gasteiger partial charge in [0.1, 0.15) is 6.04 Å². The predicted molar refractivity (Wildman–Crippen MR) is 130 cm³/mol. The molecular weight excluding hydrogens is 434 g/mol. The summed E-state index contributed by atoms with van der Waals surface area (Å²) in [6.07, 6.45) is 12.9. The molecule has 0 bridgehead atoms. The Kier molecular flexibility index (Phi) is 11.4. The summed E-state index contributed by atoms with van der Waals surface area (Å²) in [6.45, 7) is 5.26. The second kappa shape index (κ2) is 14.5. The second-order valence-electron chi connectivity index (χ2n) is 8.31. The van der Waals surface area contributed by atoms with E-state index in [0.29, 0.717) is 38.9 Å². The van der Waals surface area contributed by atoms with Gasteiger partial charge in [-0.15, -0.1) is 0 Å². The fourth-order valence-electron chi connectivity index (χ4n) is 3.68. The van der Waals surface area contributed by atoms with Gasteiger partial charge in [-0.1, -0.05) is 36.4 Å². The van der Waals surface area contributed by atoms with Crippen LogP contribution in [0, 0.1) is 12.8 Å². The van der Waals surface area contributed by atoms with Crippen molar-refractivity contribution in [2.75, 3.05) is 19.6 Å². The summed E-state index contributed by atoms with van der Waals surface area (Å²) >= 11 is 0. The van der Waals surface area contributed by atoms with Crippen molar-refractivity contribution < 1.29 is 19.5 Å². The highest BCUT2D eigenvalue weighted by Crippen LogP contribution is 2.20. The first-order valence-corrected chi connectivity index (χ1v) is 11.5. The zero-order valence-corrected chi connectivity index (χ0v) is 19.9. The maximum atomic E-state index is 12.7. The van der Waals surface area contributed by atoms with E-state index >= 15 is 0 Å². The van der Waals surface area contributed by atoms with E-state index in [0.717, 1.165) is 11.1 Å². The second-order valence-corrected chi connectivity index (χ2v) is 8.31. The van der Waals surface area contributed by atoms with Gasteiger partial charge in [0.15, 0.2) is 0 Å². The lowest BCUT2D eigenvalue weighted by molar-refractivity contribution is -0.139. The number of piperidine rings is 1. The van der Waals surface area contributed by atoms with Gasteiger partial charge in [0.05, 0.1) is 6.20 Å². The summed E-state index contributed by atoms with van der Waals surface area (Å²) in [5, 5.41) is 21.9. The number of aryl methyl sites for hydroxylation is 1. The number of carbonyl (C=O) groups excluding carboxylic acids is 2. The number of aromatic nitrogens is 2. The van der Waals surface area contributed by atoms with Crippen molar-refractivity contribution in [3.05, 3.63) is 66.0 Å². The number of carboxylic acid groups (broad SMARTS) is 1. The largest absolute Gasteiger partial charge is 0.480 e. The standard InChI is InChI=1S/C25H35N5O4/c1-3-4-5-6-11-26-23(31)17-20-9-13-30(14-10-20)25(34)29-22(24(32)33)16-21-8-7-12-27-28-18-19(2)15-21/h3-8,12,15,18,20,22,27H,9-11,13-14,16-17H2,1-2H3,(H,26,31)(H,29,34)(H,32,33)/b4-3-,6-5-,12-7?,19-15?,21-8?,28-18?. The third-order valence-corrected chi connectivity index (χ3v) is 5.51. The molecule has 34 heavy (non-hydrogen) atoms. The number of H-pyrrole nitrogens is 1. The van der Waals surface area contributed by atoms with Crippen molar-refractivity contribution in [2.45, 2.75) is 45.6 Å². The molecule has 1 unspecified atom stereocenters. The molecular formula is C25H35N5O4. The number of allylic oxidation sites excluding steroid dienone is 3. The molecule has 9 nitrogen and oxygen atoms in total. The quantitative estimate of drug-likeness (QED) is 0.414. The van der Waals surface area contributed by atoms with Crippen LogP contribution in [0.2, 0.25) is 0 Å². The highest BCUT2D eigenvalue weighted by molar-refractivity contribution is 5.83. The molecule has 1 atom stereocenters. The summed E-state index contributed by atoms with van der Waals surface area (Å²) in [5.41, 5.74) is 1.62. The Balaban J connectivity index is 1.86. The van der Waals surface area contributed by atoms with Gasteiger partial charge in [-0.3, -0.25) is 9.89 Å². The van der Waals surface area contributed by atoms with Crippen LogP contribution in [0.5, 0.6) is 0 Å². The number of carbonyl (C=O) groups is 3. The van der Waals surface area contributed by atoms with Crippen molar-refractivity contribution >= 4 is 17.9 Å². The van der Waals surface area contributed by atoms with E-state index < -0.39 is 18.0 Å². The lowest BCUT2D eigenvalue weighted by Gasteiger charge is -2.32. The zero-order valence-electron chi connectivity index (χ0n) is 19.9. The first-order chi connectivity index (χ1) is 16.4. The maximum Gasteiger partial charge on any atom is 0.326 e. The van der Waals surface area contributed by atoms with Crippen LogP contribution in [0.15, 0.2) is 54.9 Å². The minimum atomic E-state index is -1.09. The summed E-state index contributed by atoms with van der Waals surface area (Å²) in [5.74, 6) is -0.885. The molecule has 1 aliphatic rings. The van der Waals surface area contributed by atoms with Crippen LogP contribution < -0.4 is 10.6 Å². The van der Waals surface area contributed by atoms with Gasteiger partial charge in [0.25, 0.3) is 0 Å². The number of urea groups is 1. The molecule has 0 aliphatic carbocycles. The monoisotopic (exact) mass is 469 g/mol. The van der Waals surface area contributed by atoms with E-state index in [9.17, 15) is 19.5 Å². The van der Waals surface area contributed by atoms with Crippen molar-refractivity contribution in [2.24, 2.45) is 5.92 Å². The smallest absolute Gasteiger partial charge is 0.326 e. The van der Waals surface area contributed by atoms with Gasteiger partial charge < -0.3 is 20.6 Å². The normalized spacial score (nSPS) is 15.2.